The molecule has 3 N–H and O–H groups in total. The molecule has 0 saturated carbocycles. The van der Waals surface area contributed by atoms with E-state index in [0.717, 1.165) is 12.8 Å². The van der Waals surface area contributed by atoms with Crippen LogP contribution in [0.2, 0.25) is 0 Å². The van der Waals surface area contributed by atoms with Crippen LogP contribution >= 0.6 is 0 Å². The third-order valence-corrected chi connectivity index (χ3v) is 3.43. The fourth-order valence-electron chi connectivity index (χ4n) is 2.30. The molecular formula is C27H53N2NaO6. The summed E-state index contributed by atoms with van der Waals surface area (Å²) in [6.07, 6.45) is 2.02. The van der Waals surface area contributed by atoms with Crippen molar-refractivity contribution >= 4 is 17.8 Å². The van der Waals surface area contributed by atoms with Crippen LogP contribution in [-0.2, 0) is 14.3 Å². The van der Waals surface area contributed by atoms with Gasteiger partial charge in [0.2, 0.25) is 5.91 Å². The molecule has 0 radical (unpaired) electrons. The van der Waals surface area contributed by atoms with Gasteiger partial charge in [-0.15, -0.1) is 78.9 Å². The number of methoxy groups -OCH3 is 1. The van der Waals surface area contributed by atoms with Crippen LogP contribution in [0, 0.1) is 11.3 Å². The third kappa shape index (κ3) is 31.9. The number of amides is 2. The Morgan fingerprint density at radius 1 is 0.889 bits per heavy atom. The van der Waals surface area contributed by atoms with Crippen LogP contribution in [0.15, 0.2) is 83.9 Å². The number of carbonyl (C=O) groups is 2. The maximum absolute atomic E-state index is 11.9. The Labute approximate surface area is 244 Å². The van der Waals surface area contributed by atoms with E-state index in [1.165, 1.54) is 0 Å². The standard InChI is InChI=1S/C11H18N2O3.C2H6O2.C2H6O.6C2H4.Na/c1-4-6-7(3)11(5-2)8(14)12-10(16)13-9(11)15;3-1-2-4;1-3-2;6*1-2;/h7H,4-6H2,1-3H3,(H2,12,13,14,15,16);3-4H,1-2H2;1-2H3;6*1-2H2;/q;;;;;;;;;+1/p-1. The van der Waals surface area contributed by atoms with Gasteiger partial charge in [0, 0.05) is 14.2 Å². The minimum absolute atomic E-state index is 0. The Hall–Kier alpha value is -2.07. The van der Waals surface area contributed by atoms with Crippen LogP contribution in [0.25, 0.3) is 0 Å². The first-order valence-corrected chi connectivity index (χ1v) is 10.6. The molecule has 0 aromatic carbocycles. The van der Waals surface area contributed by atoms with Crippen LogP contribution in [0.4, 0.5) is 0 Å². The fraction of sp³-hybridized carbons (Fsp3) is 0.444. The molecule has 1 aliphatic heterocycles. The third-order valence-electron chi connectivity index (χ3n) is 3.43. The van der Waals surface area contributed by atoms with Crippen LogP contribution in [0.3, 0.4) is 0 Å². The van der Waals surface area contributed by atoms with E-state index in [2.05, 4.69) is 94.0 Å². The molecule has 8 nitrogen and oxygen atoms in total. The summed E-state index contributed by atoms with van der Waals surface area (Å²) < 4.78 is 4.25. The topological polar surface area (TPSA) is 131 Å². The van der Waals surface area contributed by atoms with Crippen LogP contribution in [0.5, 0.6) is 0 Å². The van der Waals surface area contributed by atoms with Crippen molar-refractivity contribution in [3.05, 3.63) is 78.9 Å². The minimum Gasteiger partial charge on any atom is -0.846 e. The Morgan fingerprint density at radius 3 is 1.39 bits per heavy atom. The molecule has 0 aromatic heterocycles. The van der Waals surface area contributed by atoms with Gasteiger partial charge in [0.05, 0.1) is 19.2 Å². The summed E-state index contributed by atoms with van der Waals surface area (Å²) in [5.41, 5.74) is -1.15. The summed E-state index contributed by atoms with van der Waals surface area (Å²) in [5.74, 6) is -1.20. The molecule has 0 fully saturated rings. The Bertz CT molecular complexity index is 462. The summed E-state index contributed by atoms with van der Waals surface area (Å²) in [4.78, 5) is 27.1. The maximum Gasteiger partial charge on any atom is 1.00 e. The number of hydrogen-bond donors (Lipinski definition) is 3. The zero-order valence-electron chi connectivity index (χ0n) is 24.1. The van der Waals surface area contributed by atoms with E-state index in [-0.39, 0.29) is 48.7 Å². The first-order chi connectivity index (χ1) is 16.8. The molecule has 0 bridgehead atoms. The van der Waals surface area contributed by atoms with Gasteiger partial charge < -0.3 is 25.4 Å². The van der Waals surface area contributed by atoms with Gasteiger partial charge in [0.15, 0.2) is 0 Å². The van der Waals surface area contributed by atoms with E-state index in [4.69, 9.17) is 10.2 Å². The van der Waals surface area contributed by atoms with E-state index in [0.29, 0.717) is 6.42 Å². The molecule has 0 spiro atoms. The molecule has 0 aliphatic carbocycles. The van der Waals surface area contributed by atoms with Crippen molar-refractivity contribution in [3.63, 3.8) is 0 Å². The first-order valence-electron chi connectivity index (χ1n) is 10.6. The van der Waals surface area contributed by atoms with Gasteiger partial charge in [0.1, 0.15) is 5.41 Å². The summed E-state index contributed by atoms with van der Waals surface area (Å²) in [7, 11) is 3.25. The number of aliphatic hydroxyl groups excluding tert-OH is 2. The summed E-state index contributed by atoms with van der Waals surface area (Å²) >= 11 is 0. The molecule has 1 heterocycles. The van der Waals surface area contributed by atoms with E-state index < -0.39 is 23.3 Å². The van der Waals surface area contributed by atoms with Gasteiger partial charge in [-0.1, -0.05) is 27.2 Å². The second-order valence-corrected chi connectivity index (χ2v) is 5.05. The molecule has 2 amide bonds. The SMILES string of the molecule is C=C.C=C.C=C.C=C.C=C.C=C.CCCC(C)C1(CC)C(=O)N=C([O-])NC1=O.COC.OCCO.[Na+]. The molecule has 208 valence electrons. The Kier molecular flexibility index (Phi) is 96.4. The molecule has 0 saturated heterocycles. The zero-order chi connectivity index (χ0) is 30.5. The zero-order valence-corrected chi connectivity index (χ0v) is 26.1. The number of nitrogens with zero attached hydrogens (tertiary/aromatic N) is 1. The predicted molar refractivity (Wildman–Crippen MR) is 152 cm³/mol. The molecule has 2 unspecified atom stereocenters. The molecule has 1 rings (SSSR count). The van der Waals surface area contributed by atoms with E-state index in [1.807, 2.05) is 13.8 Å². The van der Waals surface area contributed by atoms with Gasteiger partial charge in [-0.3, -0.25) is 9.59 Å². The Balaban J connectivity index is -0.0000000436. The van der Waals surface area contributed by atoms with Crippen molar-refractivity contribution in [2.24, 2.45) is 16.3 Å². The second kappa shape index (κ2) is 58.6. The second-order valence-electron chi connectivity index (χ2n) is 5.05. The number of aliphatic imine (C=N–C) groups is 1. The quantitative estimate of drug-likeness (QED) is 0.282. The summed E-state index contributed by atoms with van der Waals surface area (Å²) in [5, 5.41) is 28.3. The van der Waals surface area contributed by atoms with Crippen LogP contribution in [0.1, 0.15) is 40.0 Å². The van der Waals surface area contributed by atoms with Crippen molar-refractivity contribution in [2.75, 3.05) is 27.4 Å². The molecular weight excluding hydrogens is 471 g/mol. The molecule has 9 heteroatoms. The summed E-state index contributed by atoms with van der Waals surface area (Å²) in [6, 6.07) is -0.845. The average Bonchev–Trinajstić information content (AvgIpc) is 2.92. The van der Waals surface area contributed by atoms with Gasteiger partial charge in [-0.05, 0) is 18.8 Å². The number of rotatable bonds is 5. The van der Waals surface area contributed by atoms with Crippen molar-refractivity contribution in [3.8, 4) is 0 Å². The monoisotopic (exact) mass is 524 g/mol. The number of amidine groups is 1. The largest absolute Gasteiger partial charge is 1.00 e. The molecule has 36 heavy (non-hydrogen) atoms. The molecule has 2 atom stereocenters. The first kappa shape index (κ1) is 59.2. The number of ether oxygens (including phenoxy) is 1. The number of hydrogen-bond acceptors (Lipinski definition) is 6. The summed E-state index contributed by atoms with van der Waals surface area (Å²) in [6.45, 7) is 41.4. The van der Waals surface area contributed by atoms with Crippen LogP contribution < -0.4 is 40.0 Å². The maximum atomic E-state index is 11.9. The molecule has 0 aromatic rings. The van der Waals surface area contributed by atoms with Crippen molar-refractivity contribution in [1.82, 2.24) is 5.32 Å². The van der Waals surface area contributed by atoms with Gasteiger partial charge in [-0.2, -0.15) is 0 Å². The fourth-order valence-corrected chi connectivity index (χ4v) is 2.30. The van der Waals surface area contributed by atoms with Gasteiger partial charge in [-0.25, -0.2) is 4.99 Å². The predicted octanol–water partition coefficient (Wildman–Crippen LogP) is 1.24. The average molecular weight is 525 g/mol. The van der Waals surface area contributed by atoms with Gasteiger partial charge in [0.25, 0.3) is 5.91 Å². The van der Waals surface area contributed by atoms with Crippen LogP contribution in [-0.4, -0.2) is 55.5 Å². The normalized spacial score (nSPS) is 14.1. The van der Waals surface area contributed by atoms with Crippen molar-refractivity contribution < 1.29 is 59.2 Å². The van der Waals surface area contributed by atoms with Crippen molar-refractivity contribution in [2.45, 2.75) is 40.0 Å². The van der Waals surface area contributed by atoms with E-state index >= 15 is 0 Å². The number of aliphatic hydroxyl groups is 2. The van der Waals surface area contributed by atoms with Gasteiger partial charge >= 0.3 is 29.6 Å². The Morgan fingerprint density at radius 2 is 1.19 bits per heavy atom. The minimum atomic E-state index is -1.15. The van der Waals surface area contributed by atoms with Crippen molar-refractivity contribution in [1.29, 1.82) is 0 Å². The number of carbonyl (C=O) groups excluding carboxylic acids is 2. The molecule has 1 aliphatic rings. The smallest absolute Gasteiger partial charge is 0.846 e. The van der Waals surface area contributed by atoms with E-state index in [1.54, 1.807) is 21.1 Å². The van der Waals surface area contributed by atoms with E-state index in [9.17, 15) is 14.7 Å². The number of nitrogens with one attached hydrogen (secondary N) is 1.